The third kappa shape index (κ3) is 4.34. The van der Waals surface area contributed by atoms with Crippen molar-refractivity contribution < 1.29 is 19.1 Å². The Morgan fingerprint density at radius 1 is 1.19 bits per heavy atom. The Balaban J connectivity index is 1.68. The van der Waals surface area contributed by atoms with Crippen LogP contribution in [0.1, 0.15) is 29.3 Å². The number of rotatable bonds is 5. The van der Waals surface area contributed by atoms with Gasteiger partial charge >= 0.3 is 5.97 Å². The van der Waals surface area contributed by atoms with Gasteiger partial charge in [-0.1, -0.05) is 18.2 Å². The molecule has 3 rings (SSSR count). The average molecular weight is 366 g/mol. The predicted molar refractivity (Wildman–Crippen MR) is 103 cm³/mol. The number of anilines is 2. The van der Waals surface area contributed by atoms with Gasteiger partial charge in [-0.2, -0.15) is 0 Å². The van der Waals surface area contributed by atoms with Crippen molar-refractivity contribution in [3.05, 3.63) is 59.7 Å². The van der Waals surface area contributed by atoms with E-state index in [9.17, 15) is 14.4 Å². The van der Waals surface area contributed by atoms with E-state index < -0.39 is 11.9 Å². The highest BCUT2D eigenvalue weighted by Gasteiger charge is 2.35. The number of carbonyl (C=O) groups is 3. The molecule has 0 aromatic heterocycles. The zero-order valence-electron chi connectivity index (χ0n) is 15.4. The average Bonchev–Trinajstić information content (AvgIpc) is 3.04. The largest absolute Gasteiger partial charge is 0.462 e. The zero-order valence-corrected chi connectivity index (χ0v) is 15.4. The van der Waals surface area contributed by atoms with E-state index in [2.05, 4.69) is 5.32 Å². The molecular formula is C21H22N2O4. The first-order valence-electron chi connectivity index (χ1n) is 8.93. The lowest BCUT2D eigenvalue weighted by Gasteiger charge is -2.17. The van der Waals surface area contributed by atoms with E-state index in [4.69, 9.17) is 4.74 Å². The molecule has 27 heavy (non-hydrogen) atoms. The molecule has 6 nitrogen and oxygen atoms in total. The molecule has 2 aromatic rings. The van der Waals surface area contributed by atoms with Crippen molar-refractivity contribution in [3.8, 4) is 0 Å². The van der Waals surface area contributed by atoms with E-state index in [0.29, 0.717) is 17.8 Å². The summed E-state index contributed by atoms with van der Waals surface area (Å²) >= 11 is 0. The van der Waals surface area contributed by atoms with Crippen LogP contribution >= 0.6 is 0 Å². The number of hydrogen-bond donors (Lipinski definition) is 1. The van der Waals surface area contributed by atoms with E-state index in [-0.39, 0.29) is 24.8 Å². The molecule has 1 N–H and O–H groups in total. The number of ether oxygens (including phenoxy) is 1. The maximum absolute atomic E-state index is 12.6. The lowest BCUT2D eigenvalue weighted by atomic mass is 10.1. The van der Waals surface area contributed by atoms with Gasteiger partial charge in [0.25, 0.3) is 0 Å². The van der Waals surface area contributed by atoms with Crippen molar-refractivity contribution in [3.63, 3.8) is 0 Å². The smallest absolute Gasteiger partial charge is 0.338 e. The van der Waals surface area contributed by atoms with Gasteiger partial charge in [-0.05, 0) is 49.7 Å². The van der Waals surface area contributed by atoms with Crippen molar-refractivity contribution in [2.24, 2.45) is 5.92 Å². The fourth-order valence-corrected chi connectivity index (χ4v) is 3.11. The van der Waals surface area contributed by atoms with Crippen LogP contribution in [0.4, 0.5) is 11.4 Å². The van der Waals surface area contributed by atoms with Gasteiger partial charge in [0, 0.05) is 24.3 Å². The highest BCUT2D eigenvalue weighted by atomic mass is 16.5. The summed E-state index contributed by atoms with van der Waals surface area (Å²) in [7, 11) is 0. The fraction of sp³-hybridized carbons (Fsp3) is 0.286. The standard InChI is InChI=1S/C21H22N2O4/c1-3-27-21(26)15-7-5-8-17(11-15)22-20(25)16-12-19(24)23(13-16)18-9-4-6-14(2)10-18/h4-11,16H,3,12-13H2,1-2H3,(H,22,25). The Morgan fingerprint density at radius 2 is 1.96 bits per heavy atom. The van der Waals surface area contributed by atoms with Gasteiger partial charge in [0.1, 0.15) is 0 Å². The zero-order chi connectivity index (χ0) is 19.4. The van der Waals surface area contributed by atoms with Gasteiger partial charge < -0.3 is 15.0 Å². The van der Waals surface area contributed by atoms with Crippen LogP contribution < -0.4 is 10.2 Å². The summed E-state index contributed by atoms with van der Waals surface area (Å²) in [6.45, 7) is 4.32. The van der Waals surface area contributed by atoms with Gasteiger partial charge in [0.15, 0.2) is 0 Å². The molecule has 1 fully saturated rings. The second-order valence-corrected chi connectivity index (χ2v) is 6.53. The topological polar surface area (TPSA) is 75.7 Å². The Hall–Kier alpha value is -3.15. The minimum Gasteiger partial charge on any atom is -0.462 e. The molecule has 0 spiro atoms. The molecule has 1 atom stereocenters. The number of hydrogen-bond acceptors (Lipinski definition) is 4. The molecule has 1 unspecified atom stereocenters. The summed E-state index contributed by atoms with van der Waals surface area (Å²) in [5, 5.41) is 2.80. The summed E-state index contributed by atoms with van der Waals surface area (Å²) in [5.74, 6) is -1.18. The number of nitrogens with one attached hydrogen (secondary N) is 1. The van der Waals surface area contributed by atoms with Gasteiger partial charge in [-0.3, -0.25) is 9.59 Å². The molecule has 2 amide bonds. The van der Waals surface area contributed by atoms with E-state index in [1.165, 1.54) is 0 Å². The fourth-order valence-electron chi connectivity index (χ4n) is 3.11. The van der Waals surface area contributed by atoms with Crippen LogP contribution in [0.2, 0.25) is 0 Å². The van der Waals surface area contributed by atoms with Crippen LogP contribution in [0, 0.1) is 12.8 Å². The van der Waals surface area contributed by atoms with Crippen molar-refractivity contribution >= 4 is 29.2 Å². The molecule has 6 heteroatoms. The van der Waals surface area contributed by atoms with Crippen LogP contribution in [0.3, 0.4) is 0 Å². The lowest BCUT2D eigenvalue weighted by Crippen LogP contribution is -2.28. The Kier molecular flexibility index (Phi) is 5.54. The summed E-state index contributed by atoms with van der Waals surface area (Å²) < 4.78 is 4.97. The minimum absolute atomic E-state index is 0.0685. The summed E-state index contributed by atoms with van der Waals surface area (Å²) in [6.07, 6.45) is 0.164. The number of aryl methyl sites for hydroxylation is 1. The van der Waals surface area contributed by atoms with E-state index in [1.807, 2.05) is 31.2 Å². The monoisotopic (exact) mass is 366 g/mol. The highest BCUT2D eigenvalue weighted by molar-refractivity contribution is 6.04. The van der Waals surface area contributed by atoms with Crippen molar-refractivity contribution in [2.45, 2.75) is 20.3 Å². The van der Waals surface area contributed by atoms with Crippen LogP contribution in [0.25, 0.3) is 0 Å². The third-order valence-corrected chi connectivity index (χ3v) is 4.45. The quantitative estimate of drug-likeness (QED) is 0.825. The minimum atomic E-state index is -0.440. The first-order chi connectivity index (χ1) is 13.0. The van der Waals surface area contributed by atoms with Gasteiger partial charge in [-0.25, -0.2) is 4.79 Å². The van der Waals surface area contributed by atoms with Crippen LogP contribution in [0.5, 0.6) is 0 Å². The Bertz CT molecular complexity index is 878. The molecule has 0 saturated carbocycles. The van der Waals surface area contributed by atoms with Crippen molar-refractivity contribution in [1.82, 2.24) is 0 Å². The van der Waals surface area contributed by atoms with Gasteiger partial charge in [0.2, 0.25) is 11.8 Å². The lowest BCUT2D eigenvalue weighted by molar-refractivity contribution is -0.122. The summed E-state index contributed by atoms with van der Waals surface area (Å²) in [6, 6.07) is 14.2. The van der Waals surface area contributed by atoms with Crippen LogP contribution in [-0.2, 0) is 14.3 Å². The third-order valence-electron chi connectivity index (χ3n) is 4.45. The van der Waals surface area contributed by atoms with Gasteiger partial charge in [0.05, 0.1) is 18.1 Å². The molecule has 0 radical (unpaired) electrons. The predicted octanol–water partition coefficient (Wildman–Crippen LogP) is 3.16. The molecule has 1 aliphatic heterocycles. The maximum Gasteiger partial charge on any atom is 0.338 e. The molecule has 1 saturated heterocycles. The SMILES string of the molecule is CCOC(=O)c1cccc(NC(=O)C2CC(=O)N(c3cccc(C)c3)C2)c1. The molecular weight excluding hydrogens is 344 g/mol. The van der Waals surface area contributed by atoms with Gasteiger partial charge in [-0.15, -0.1) is 0 Å². The molecule has 140 valence electrons. The molecule has 0 aliphatic carbocycles. The van der Waals surface area contributed by atoms with Crippen LogP contribution in [0.15, 0.2) is 48.5 Å². The molecule has 1 aliphatic rings. The second-order valence-electron chi connectivity index (χ2n) is 6.53. The second kappa shape index (κ2) is 8.03. The molecule has 0 bridgehead atoms. The van der Waals surface area contributed by atoms with Crippen molar-refractivity contribution in [2.75, 3.05) is 23.4 Å². The summed E-state index contributed by atoms with van der Waals surface area (Å²) in [4.78, 5) is 38.4. The highest BCUT2D eigenvalue weighted by Crippen LogP contribution is 2.26. The van der Waals surface area contributed by atoms with Crippen molar-refractivity contribution in [1.29, 1.82) is 0 Å². The van der Waals surface area contributed by atoms with E-state index in [1.54, 1.807) is 36.1 Å². The first kappa shape index (κ1) is 18.6. The number of amides is 2. The maximum atomic E-state index is 12.6. The number of nitrogens with zero attached hydrogens (tertiary/aromatic N) is 1. The normalized spacial score (nSPS) is 16.3. The number of carbonyl (C=O) groups excluding carboxylic acids is 3. The Morgan fingerprint density at radius 3 is 2.70 bits per heavy atom. The first-order valence-corrected chi connectivity index (χ1v) is 8.93. The van der Waals surface area contributed by atoms with E-state index in [0.717, 1.165) is 11.3 Å². The van der Waals surface area contributed by atoms with Crippen LogP contribution in [-0.4, -0.2) is 30.9 Å². The summed E-state index contributed by atoms with van der Waals surface area (Å²) in [5.41, 5.74) is 2.74. The number of esters is 1. The number of benzene rings is 2. The molecule has 1 heterocycles. The van der Waals surface area contributed by atoms with E-state index >= 15 is 0 Å². The Labute approximate surface area is 158 Å². The molecule has 2 aromatic carbocycles.